The molecule has 0 fully saturated rings. The van der Waals surface area contributed by atoms with E-state index in [-0.39, 0.29) is 11.5 Å². The van der Waals surface area contributed by atoms with Gasteiger partial charge in [-0.05, 0) is 19.4 Å². The van der Waals surface area contributed by atoms with Gasteiger partial charge in [-0.25, -0.2) is 0 Å². The highest BCUT2D eigenvalue weighted by atomic mass is 79.9. The van der Waals surface area contributed by atoms with Gasteiger partial charge in [0.2, 0.25) is 0 Å². The molecule has 0 saturated carbocycles. The summed E-state index contributed by atoms with van der Waals surface area (Å²) >= 11 is 3.21. The number of ketones is 1. The summed E-state index contributed by atoms with van der Waals surface area (Å²) in [6.45, 7) is 3.09. The number of nitro benzene ring substituents is 1. The van der Waals surface area contributed by atoms with Crippen LogP contribution in [0.4, 0.5) is 5.69 Å². The highest BCUT2D eigenvalue weighted by Gasteiger charge is 2.20. The van der Waals surface area contributed by atoms with E-state index in [0.717, 1.165) is 0 Å². The van der Waals surface area contributed by atoms with Crippen LogP contribution >= 0.6 is 15.9 Å². The molecule has 5 heteroatoms. The number of carbonyl (C=O) groups excluding carboxylic acids is 1. The molecule has 1 unspecified atom stereocenters. The standard InChI is InChI=1S/C10H10BrNO3/c1-6-8(10(11)7(2)13)4-3-5-9(6)12(14)15/h3-5,10H,1-2H3. The first-order valence-electron chi connectivity index (χ1n) is 4.33. The summed E-state index contributed by atoms with van der Waals surface area (Å²) < 4.78 is 0. The first kappa shape index (κ1) is 11.8. The highest BCUT2D eigenvalue weighted by molar-refractivity contribution is 9.09. The molecule has 1 atom stereocenters. The summed E-state index contributed by atoms with van der Waals surface area (Å²) in [4.78, 5) is 20.9. The van der Waals surface area contributed by atoms with E-state index in [4.69, 9.17) is 0 Å². The molecule has 4 nitrogen and oxygen atoms in total. The fourth-order valence-corrected chi connectivity index (χ4v) is 1.83. The van der Waals surface area contributed by atoms with Crippen LogP contribution in [0.2, 0.25) is 0 Å². The molecule has 0 saturated heterocycles. The number of rotatable bonds is 3. The van der Waals surface area contributed by atoms with Crippen molar-refractivity contribution in [1.82, 2.24) is 0 Å². The third-order valence-corrected chi connectivity index (χ3v) is 3.31. The van der Waals surface area contributed by atoms with Crippen LogP contribution in [0.1, 0.15) is 22.9 Å². The Morgan fingerprint density at radius 3 is 2.60 bits per heavy atom. The van der Waals surface area contributed by atoms with Gasteiger partial charge >= 0.3 is 0 Å². The molecule has 0 N–H and O–H groups in total. The first-order valence-corrected chi connectivity index (χ1v) is 5.25. The van der Waals surface area contributed by atoms with Crippen molar-refractivity contribution in [2.75, 3.05) is 0 Å². The Labute approximate surface area is 95.6 Å². The van der Waals surface area contributed by atoms with Crippen LogP contribution in [0.25, 0.3) is 0 Å². The zero-order valence-electron chi connectivity index (χ0n) is 8.36. The summed E-state index contributed by atoms with van der Waals surface area (Å²) in [6.07, 6.45) is 0. The lowest BCUT2D eigenvalue weighted by atomic mass is 10.0. The van der Waals surface area contributed by atoms with E-state index in [9.17, 15) is 14.9 Å². The minimum atomic E-state index is -0.475. The Morgan fingerprint density at radius 2 is 2.13 bits per heavy atom. The van der Waals surface area contributed by atoms with E-state index in [1.807, 2.05) is 0 Å². The van der Waals surface area contributed by atoms with E-state index in [2.05, 4.69) is 15.9 Å². The summed E-state index contributed by atoms with van der Waals surface area (Å²) in [5.41, 5.74) is 1.22. The fourth-order valence-electron chi connectivity index (χ4n) is 1.33. The van der Waals surface area contributed by atoms with Crippen LogP contribution in [0.3, 0.4) is 0 Å². The van der Waals surface area contributed by atoms with Crippen molar-refractivity contribution in [3.8, 4) is 0 Å². The Balaban J connectivity index is 3.26. The second-order valence-electron chi connectivity index (χ2n) is 3.22. The van der Waals surface area contributed by atoms with Crippen LogP contribution < -0.4 is 0 Å². The molecule has 15 heavy (non-hydrogen) atoms. The number of Topliss-reactive ketones (excluding diaryl/α,β-unsaturated/α-hetero) is 1. The van der Waals surface area contributed by atoms with E-state index >= 15 is 0 Å². The fraction of sp³-hybridized carbons (Fsp3) is 0.300. The average Bonchev–Trinajstić information content (AvgIpc) is 2.16. The molecule has 0 aliphatic rings. The molecule has 0 bridgehead atoms. The lowest BCUT2D eigenvalue weighted by molar-refractivity contribution is -0.385. The predicted octanol–water partition coefficient (Wildman–Crippen LogP) is 2.93. The lowest BCUT2D eigenvalue weighted by Gasteiger charge is -2.09. The van der Waals surface area contributed by atoms with Crippen molar-refractivity contribution >= 4 is 27.4 Å². The second kappa shape index (κ2) is 4.53. The number of nitrogens with zero attached hydrogens (tertiary/aromatic N) is 1. The maximum Gasteiger partial charge on any atom is 0.272 e. The van der Waals surface area contributed by atoms with Crippen LogP contribution in [0.5, 0.6) is 0 Å². The van der Waals surface area contributed by atoms with Crippen LogP contribution in [-0.4, -0.2) is 10.7 Å². The second-order valence-corrected chi connectivity index (χ2v) is 4.14. The van der Waals surface area contributed by atoms with Crippen molar-refractivity contribution in [2.24, 2.45) is 0 Å². The van der Waals surface area contributed by atoms with Gasteiger partial charge in [-0.2, -0.15) is 0 Å². The van der Waals surface area contributed by atoms with E-state index < -0.39 is 9.75 Å². The number of hydrogen-bond donors (Lipinski definition) is 0. The number of benzene rings is 1. The Hall–Kier alpha value is -1.23. The van der Waals surface area contributed by atoms with Crippen molar-refractivity contribution in [2.45, 2.75) is 18.7 Å². The molecule has 80 valence electrons. The van der Waals surface area contributed by atoms with Gasteiger partial charge in [0, 0.05) is 11.6 Å². The molecule has 1 aromatic carbocycles. The molecule has 0 heterocycles. The minimum Gasteiger partial charge on any atom is -0.298 e. The first-order chi connectivity index (χ1) is 6.95. The highest BCUT2D eigenvalue weighted by Crippen LogP contribution is 2.31. The molecule has 1 aromatic rings. The zero-order chi connectivity index (χ0) is 11.6. The van der Waals surface area contributed by atoms with Crippen molar-refractivity contribution < 1.29 is 9.72 Å². The molecule has 0 aromatic heterocycles. The van der Waals surface area contributed by atoms with Crippen LogP contribution in [0.15, 0.2) is 18.2 Å². The van der Waals surface area contributed by atoms with E-state index in [1.165, 1.54) is 13.0 Å². The smallest absolute Gasteiger partial charge is 0.272 e. The monoisotopic (exact) mass is 271 g/mol. The lowest BCUT2D eigenvalue weighted by Crippen LogP contribution is -2.04. The normalized spacial score (nSPS) is 12.2. The largest absolute Gasteiger partial charge is 0.298 e. The van der Waals surface area contributed by atoms with Gasteiger partial charge in [0.15, 0.2) is 0 Å². The predicted molar refractivity (Wildman–Crippen MR) is 60.2 cm³/mol. The van der Waals surface area contributed by atoms with Gasteiger partial charge in [-0.1, -0.05) is 28.1 Å². The van der Waals surface area contributed by atoms with Gasteiger partial charge < -0.3 is 0 Å². The quantitative estimate of drug-likeness (QED) is 0.483. The Kier molecular flexibility index (Phi) is 3.57. The number of nitro groups is 1. The Bertz CT molecular complexity index is 417. The summed E-state index contributed by atoms with van der Waals surface area (Å²) in [5.74, 6) is -0.0707. The third kappa shape index (κ3) is 2.41. The maximum absolute atomic E-state index is 11.2. The van der Waals surface area contributed by atoms with Crippen LogP contribution in [0, 0.1) is 17.0 Å². The van der Waals surface area contributed by atoms with Crippen molar-refractivity contribution in [1.29, 1.82) is 0 Å². The summed E-state index contributed by atoms with van der Waals surface area (Å²) in [7, 11) is 0. The van der Waals surface area contributed by atoms with Crippen molar-refractivity contribution in [3.05, 3.63) is 39.4 Å². The molecule has 0 spiro atoms. The zero-order valence-corrected chi connectivity index (χ0v) is 9.95. The topological polar surface area (TPSA) is 60.2 Å². The molecule has 1 rings (SSSR count). The van der Waals surface area contributed by atoms with E-state index in [0.29, 0.717) is 11.1 Å². The molecule has 0 aliphatic heterocycles. The number of hydrogen-bond acceptors (Lipinski definition) is 3. The van der Waals surface area contributed by atoms with Gasteiger partial charge in [0.25, 0.3) is 5.69 Å². The van der Waals surface area contributed by atoms with Gasteiger partial charge in [0.1, 0.15) is 5.78 Å². The number of alkyl halides is 1. The van der Waals surface area contributed by atoms with Crippen LogP contribution in [-0.2, 0) is 4.79 Å². The SMILES string of the molecule is CC(=O)C(Br)c1cccc([N+](=O)[O-])c1C. The third-order valence-electron chi connectivity index (χ3n) is 2.17. The molecular formula is C10H10BrNO3. The van der Waals surface area contributed by atoms with Gasteiger partial charge in [-0.3, -0.25) is 14.9 Å². The van der Waals surface area contributed by atoms with Gasteiger partial charge in [-0.15, -0.1) is 0 Å². The average molecular weight is 272 g/mol. The number of halogens is 1. The minimum absolute atomic E-state index is 0.0400. The summed E-state index contributed by atoms with van der Waals surface area (Å²) in [5, 5.41) is 10.7. The summed E-state index contributed by atoms with van der Waals surface area (Å²) in [6, 6.07) is 4.72. The molecular weight excluding hydrogens is 262 g/mol. The maximum atomic E-state index is 11.2. The van der Waals surface area contributed by atoms with Gasteiger partial charge in [0.05, 0.1) is 9.75 Å². The molecule has 0 amide bonds. The Morgan fingerprint density at radius 1 is 1.53 bits per heavy atom. The van der Waals surface area contributed by atoms with Crippen molar-refractivity contribution in [3.63, 3.8) is 0 Å². The number of carbonyl (C=O) groups is 1. The molecule has 0 aliphatic carbocycles. The van der Waals surface area contributed by atoms with E-state index in [1.54, 1.807) is 19.1 Å². The molecule has 0 radical (unpaired) electrons.